The van der Waals surface area contributed by atoms with Crippen molar-refractivity contribution in [2.24, 2.45) is 0 Å². The highest BCUT2D eigenvalue weighted by Crippen LogP contribution is 2.52. The van der Waals surface area contributed by atoms with E-state index in [9.17, 15) is 0 Å². The molecule has 0 nitrogen and oxygen atoms in total. The lowest BCUT2D eigenvalue weighted by atomic mass is 9.80. The predicted octanol–water partition coefficient (Wildman–Crippen LogP) is 10.4. The fourth-order valence-electron chi connectivity index (χ4n) is 6.62. The second-order valence-corrected chi connectivity index (χ2v) is 12.5. The summed E-state index contributed by atoms with van der Waals surface area (Å²) < 4.78 is 1.14. The SMILES string of the molecule is CC1(C)c2cc(Br)ccc2-c2ccc(-c3ccc4c(c3)C(C)(C)c3cc(-c5ccccc5)ccc3-4)cc21. The minimum atomic E-state index is -0.0516. The Balaban J connectivity index is 1.32. The van der Waals surface area contributed by atoms with Gasteiger partial charge in [-0.25, -0.2) is 0 Å². The molecule has 5 aromatic carbocycles. The molecule has 2 aliphatic rings. The van der Waals surface area contributed by atoms with Crippen LogP contribution in [0.2, 0.25) is 0 Å². The van der Waals surface area contributed by atoms with Crippen molar-refractivity contribution in [1.29, 1.82) is 0 Å². The van der Waals surface area contributed by atoms with E-state index < -0.39 is 0 Å². The highest BCUT2D eigenvalue weighted by molar-refractivity contribution is 9.10. The molecule has 0 unspecified atom stereocenters. The summed E-state index contributed by atoms with van der Waals surface area (Å²) in [6, 6.07) is 38.5. The minimum absolute atomic E-state index is 0.0233. The van der Waals surface area contributed by atoms with Crippen molar-refractivity contribution in [2.45, 2.75) is 38.5 Å². The Bertz CT molecular complexity index is 1720. The largest absolute Gasteiger partial charge is 0.0622 e. The molecule has 1 heteroatoms. The Morgan fingerprint density at radius 3 is 1.24 bits per heavy atom. The summed E-state index contributed by atoms with van der Waals surface area (Å²) in [5.41, 5.74) is 16.1. The summed E-state index contributed by atoms with van der Waals surface area (Å²) in [6.45, 7) is 9.44. The van der Waals surface area contributed by atoms with Crippen LogP contribution in [0.1, 0.15) is 49.9 Å². The van der Waals surface area contributed by atoms with Crippen LogP contribution in [0.3, 0.4) is 0 Å². The molecule has 0 aromatic heterocycles. The van der Waals surface area contributed by atoms with E-state index in [2.05, 4.69) is 147 Å². The summed E-state index contributed by atoms with van der Waals surface area (Å²) >= 11 is 3.68. The molecule has 0 heterocycles. The van der Waals surface area contributed by atoms with Crippen LogP contribution < -0.4 is 0 Å². The molecule has 0 amide bonds. The zero-order valence-corrected chi connectivity index (χ0v) is 23.3. The first kappa shape index (κ1) is 22.8. The van der Waals surface area contributed by atoms with E-state index in [-0.39, 0.29) is 10.8 Å². The zero-order valence-electron chi connectivity index (χ0n) is 21.7. The Kier molecular flexibility index (Phi) is 4.79. The van der Waals surface area contributed by atoms with E-state index in [0.717, 1.165) is 4.47 Å². The number of benzene rings is 5. The Morgan fingerprint density at radius 1 is 0.405 bits per heavy atom. The van der Waals surface area contributed by atoms with Crippen molar-refractivity contribution in [2.75, 3.05) is 0 Å². The van der Waals surface area contributed by atoms with Gasteiger partial charge in [0, 0.05) is 15.3 Å². The molecule has 7 rings (SSSR count). The van der Waals surface area contributed by atoms with Crippen LogP contribution in [0, 0.1) is 0 Å². The molecular weight excluding hydrogens is 512 g/mol. The molecule has 0 spiro atoms. The van der Waals surface area contributed by atoms with Gasteiger partial charge >= 0.3 is 0 Å². The molecule has 0 bridgehead atoms. The molecule has 37 heavy (non-hydrogen) atoms. The van der Waals surface area contributed by atoms with Gasteiger partial charge in [-0.15, -0.1) is 0 Å². The number of halogens is 1. The average molecular weight is 542 g/mol. The van der Waals surface area contributed by atoms with E-state index in [0.29, 0.717) is 0 Å². The number of hydrogen-bond donors (Lipinski definition) is 0. The molecule has 0 radical (unpaired) electrons. The molecule has 0 N–H and O–H groups in total. The second-order valence-electron chi connectivity index (χ2n) is 11.6. The Labute approximate surface area is 228 Å². The maximum Gasteiger partial charge on any atom is 0.0178 e. The molecule has 0 saturated carbocycles. The van der Waals surface area contributed by atoms with Crippen LogP contribution in [0.5, 0.6) is 0 Å². The summed E-state index contributed by atoms with van der Waals surface area (Å²) in [7, 11) is 0. The van der Waals surface area contributed by atoms with Gasteiger partial charge < -0.3 is 0 Å². The molecule has 0 atom stereocenters. The molecule has 5 aromatic rings. The van der Waals surface area contributed by atoms with Crippen molar-refractivity contribution in [3.05, 3.63) is 130 Å². The van der Waals surface area contributed by atoms with Crippen molar-refractivity contribution in [3.63, 3.8) is 0 Å². The summed E-state index contributed by atoms with van der Waals surface area (Å²) in [5, 5.41) is 0. The number of rotatable bonds is 2. The van der Waals surface area contributed by atoms with E-state index in [4.69, 9.17) is 0 Å². The van der Waals surface area contributed by atoms with Crippen LogP contribution >= 0.6 is 15.9 Å². The molecule has 2 aliphatic carbocycles. The van der Waals surface area contributed by atoms with Gasteiger partial charge in [-0.2, -0.15) is 0 Å². The monoisotopic (exact) mass is 540 g/mol. The van der Waals surface area contributed by atoms with Crippen molar-refractivity contribution in [3.8, 4) is 44.5 Å². The van der Waals surface area contributed by atoms with Gasteiger partial charge in [-0.05, 0) is 97.1 Å². The van der Waals surface area contributed by atoms with Crippen LogP contribution in [-0.2, 0) is 10.8 Å². The molecule has 180 valence electrons. The highest BCUT2D eigenvalue weighted by Gasteiger charge is 2.37. The van der Waals surface area contributed by atoms with E-state index in [1.165, 1.54) is 66.8 Å². The first-order chi connectivity index (χ1) is 17.7. The maximum atomic E-state index is 3.68. The fourth-order valence-corrected chi connectivity index (χ4v) is 6.98. The van der Waals surface area contributed by atoms with Gasteiger partial charge in [-0.1, -0.05) is 116 Å². The Morgan fingerprint density at radius 2 is 0.784 bits per heavy atom. The van der Waals surface area contributed by atoms with Crippen LogP contribution in [0.4, 0.5) is 0 Å². The lowest BCUT2D eigenvalue weighted by Crippen LogP contribution is -2.15. The molecule has 0 saturated heterocycles. The van der Waals surface area contributed by atoms with Gasteiger partial charge in [0.05, 0.1) is 0 Å². The quantitative estimate of drug-likeness (QED) is 0.209. The maximum absolute atomic E-state index is 3.68. The van der Waals surface area contributed by atoms with Crippen molar-refractivity contribution >= 4 is 15.9 Å². The van der Waals surface area contributed by atoms with Gasteiger partial charge in [0.25, 0.3) is 0 Å². The third-order valence-corrected chi connectivity index (χ3v) is 9.25. The summed E-state index contributed by atoms with van der Waals surface area (Å²) in [4.78, 5) is 0. The predicted molar refractivity (Wildman–Crippen MR) is 160 cm³/mol. The molecule has 0 fully saturated rings. The first-order valence-corrected chi connectivity index (χ1v) is 13.8. The topological polar surface area (TPSA) is 0 Å². The third kappa shape index (κ3) is 3.27. The Hall–Kier alpha value is -3.42. The van der Waals surface area contributed by atoms with Crippen molar-refractivity contribution in [1.82, 2.24) is 0 Å². The highest BCUT2D eigenvalue weighted by atomic mass is 79.9. The standard InChI is InChI=1S/C36H29Br/c1-35(2)31-18-23(22-8-6-5-7-9-22)10-14-27(31)28-15-11-24(19-32(28)35)25-12-16-29-30-17-13-26(37)21-34(30)36(3,4)33(29)20-25/h5-21H,1-4H3. The van der Waals surface area contributed by atoms with Crippen molar-refractivity contribution < 1.29 is 0 Å². The zero-order chi connectivity index (χ0) is 25.5. The molecule has 0 aliphatic heterocycles. The van der Waals surface area contributed by atoms with Gasteiger partial charge in [0.15, 0.2) is 0 Å². The average Bonchev–Trinajstić information content (AvgIpc) is 3.27. The van der Waals surface area contributed by atoms with Crippen LogP contribution in [0.25, 0.3) is 44.5 Å². The minimum Gasteiger partial charge on any atom is -0.0622 e. The van der Waals surface area contributed by atoms with E-state index in [1.54, 1.807) is 0 Å². The lowest BCUT2D eigenvalue weighted by Gasteiger charge is -2.23. The smallest absolute Gasteiger partial charge is 0.0178 e. The third-order valence-electron chi connectivity index (χ3n) is 8.75. The van der Waals surface area contributed by atoms with Gasteiger partial charge in [0.1, 0.15) is 0 Å². The van der Waals surface area contributed by atoms with Crippen LogP contribution in [0.15, 0.2) is 108 Å². The number of hydrogen-bond acceptors (Lipinski definition) is 0. The summed E-state index contributed by atoms with van der Waals surface area (Å²) in [6.07, 6.45) is 0. The second kappa shape index (κ2) is 7.79. The molecular formula is C36H29Br. The normalized spacial score (nSPS) is 15.6. The van der Waals surface area contributed by atoms with E-state index >= 15 is 0 Å². The lowest BCUT2D eigenvalue weighted by molar-refractivity contribution is 0.659. The fraction of sp³-hybridized carbons (Fsp3) is 0.167. The van der Waals surface area contributed by atoms with Gasteiger partial charge in [0.2, 0.25) is 0 Å². The number of fused-ring (bicyclic) bond motifs is 6. The van der Waals surface area contributed by atoms with E-state index in [1.807, 2.05) is 0 Å². The van der Waals surface area contributed by atoms with Gasteiger partial charge in [-0.3, -0.25) is 0 Å². The summed E-state index contributed by atoms with van der Waals surface area (Å²) in [5.74, 6) is 0. The first-order valence-electron chi connectivity index (χ1n) is 13.1. The van der Waals surface area contributed by atoms with Crippen LogP contribution in [-0.4, -0.2) is 0 Å².